The van der Waals surface area contributed by atoms with Gasteiger partial charge in [0, 0.05) is 0 Å². The van der Waals surface area contributed by atoms with Crippen molar-refractivity contribution in [2.24, 2.45) is 5.73 Å². The van der Waals surface area contributed by atoms with Gasteiger partial charge in [0.1, 0.15) is 6.04 Å². The van der Waals surface area contributed by atoms with Crippen molar-refractivity contribution in [1.29, 1.82) is 0 Å². The van der Waals surface area contributed by atoms with E-state index in [0.29, 0.717) is 0 Å². The predicted molar refractivity (Wildman–Crippen MR) is 38.7 cm³/mol. The summed E-state index contributed by atoms with van der Waals surface area (Å²) in [6.07, 6.45) is -1.03. The predicted octanol–water partition coefficient (Wildman–Crippen LogP) is -1.11. The van der Waals surface area contributed by atoms with Gasteiger partial charge in [-0.1, -0.05) is 0 Å². The summed E-state index contributed by atoms with van der Waals surface area (Å²) >= 11 is 0. The third kappa shape index (κ3) is 3.89. The van der Waals surface area contributed by atoms with Crippen LogP contribution in [0.5, 0.6) is 0 Å². The second-order valence-corrected chi connectivity index (χ2v) is 2.26. The number of aliphatic carboxylic acids is 2. The lowest BCUT2D eigenvalue weighted by atomic mass is 10.3. The highest BCUT2D eigenvalue weighted by molar-refractivity contribution is 5.73. The van der Waals surface area contributed by atoms with E-state index in [4.69, 9.17) is 15.9 Å². The highest BCUT2D eigenvalue weighted by Gasteiger charge is 2.16. The standard InChI is InChI=1S/C6H11NO5/c1-3(5(8)9)12-2-4(7)6(10)11/h3-4H,2,7H2,1H3,(H,8,9)(H,10,11). The van der Waals surface area contributed by atoms with Gasteiger partial charge < -0.3 is 20.7 Å². The van der Waals surface area contributed by atoms with Crippen molar-refractivity contribution in [3.8, 4) is 0 Å². The molecule has 70 valence electrons. The number of carboxylic acids is 2. The molecule has 0 radical (unpaired) electrons. The average molecular weight is 177 g/mol. The molecule has 0 aliphatic carbocycles. The first-order valence-electron chi connectivity index (χ1n) is 3.28. The van der Waals surface area contributed by atoms with Gasteiger partial charge in [0.25, 0.3) is 0 Å². The average Bonchev–Trinajstić information content (AvgIpc) is 1.98. The molecule has 0 heterocycles. The fourth-order valence-electron chi connectivity index (χ4n) is 0.391. The van der Waals surface area contributed by atoms with E-state index in [1.165, 1.54) is 6.92 Å². The molecule has 0 aromatic heterocycles. The third-order valence-electron chi connectivity index (χ3n) is 1.19. The molecule has 4 N–H and O–H groups in total. The quantitative estimate of drug-likeness (QED) is 0.491. The molecule has 6 nitrogen and oxygen atoms in total. The fraction of sp³-hybridized carbons (Fsp3) is 0.667. The van der Waals surface area contributed by atoms with Gasteiger partial charge in [-0.05, 0) is 6.92 Å². The first-order chi connectivity index (χ1) is 5.45. The summed E-state index contributed by atoms with van der Waals surface area (Å²) in [5, 5.41) is 16.6. The Kier molecular flexibility index (Phi) is 4.24. The number of rotatable bonds is 5. The minimum absolute atomic E-state index is 0.303. The SMILES string of the molecule is CC(OCC(N)C(=O)O)C(=O)O. The summed E-state index contributed by atoms with van der Waals surface area (Å²) in [5.41, 5.74) is 5.05. The molecule has 2 atom stereocenters. The normalized spacial score (nSPS) is 15.2. The lowest BCUT2D eigenvalue weighted by Gasteiger charge is -2.10. The highest BCUT2D eigenvalue weighted by atomic mass is 16.5. The van der Waals surface area contributed by atoms with Crippen LogP contribution in [0.15, 0.2) is 0 Å². The number of hydrogen-bond donors (Lipinski definition) is 3. The van der Waals surface area contributed by atoms with Crippen LogP contribution < -0.4 is 5.73 Å². The molecule has 2 unspecified atom stereocenters. The van der Waals surface area contributed by atoms with Crippen molar-refractivity contribution in [2.75, 3.05) is 6.61 Å². The molecule has 0 spiro atoms. The maximum Gasteiger partial charge on any atom is 0.332 e. The first kappa shape index (κ1) is 10.9. The van der Waals surface area contributed by atoms with Crippen LogP contribution in [-0.4, -0.2) is 40.9 Å². The van der Waals surface area contributed by atoms with E-state index in [-0.39, 0.29) is 6.61 Å². The Morgan fingerprint density at radius 1 is 1.42 bits per heavy atom. The van der Waals surface area contributed by atoms with Crippen molar-refractivity contribution in [1.82, 2.24) is 0 Å². The van der Waals surface area contributed by atoms with Crippen LogP contribution in [0.3, 0.4) is 0 Å². The number of carboxylic acid groups (broad SMARTS) is 2. The van der Waals surface area contributed by atoms with Gasteiger partial charge >= 0.3 is 11.9 Å². The van der Waals surface area contributed by atoms with Crippen LogP contribution in [0.25, 0.3) is 0 Å². The molecule has 0 saturated heterocycles. The third-order valence-corrected chi connectivity index (χ3v) is 1.19. The second-order valence-electron chi connectivity index (χ2n) is 2.26. The van der Waals surface area contributed by atoms with Gasteiger partial charge in [0.2, 0.25) is 0 Å². The number of carbonyl (C=O) groups is 2. The zero-order valence-corrected chi connectivity index (χ0v) is 6.56. The molecular formula is C6H11NO5. The molecule has 0 saturated carbocycles. The Hall–Kier alpha value is -1.14. The van der Waals surface area contributed by atoms with Gasteiger partial charge in [-0.25, -0.2) is 4.79 Å². The van der Waals surface area contributed by atoms with Crippen LogP contribution in [0, 0.1) is 0 Å². The van der Waals surface area contributed by atoms with E-state index in [1.54, 1.807) is 0 Å². The monoisotopic (exact) mass is 177 g/mol. The summed E-state index contributed by atoms with van der Waals surface area (Å²) in [7, 11) is 0. The van der Waals surface area contributed by atoms with Crippen LogP contribution in [0.2, 0.25) is 0 Å². The number of ether oxygens (including phenoxy) is 1. The van der Waals surface area contributed by atoms with Gasteiger partial charge in [-0.15, -0.1) is 0 Å². The lowest BCUT2D eigenvalue weighted by Crippen LogP contribution is -2.37. The summed E-state index contributed by atoms with van der Waals surface area (Å²) < 4.78 is 4.62. The van der Waals surface area contributed by atoms with E-state index in [1.807, 2.05) is 0 Å². The van der Waals surface area contributed by atoms with E-state index in [0.717, 1.165) is 0 Å². The molecule has 6 heteroatoms. The summed E-state index contributed by atoms with van der Waals surface area (Å²) in [6.45, 7) is 1.000. The lowest BCUT2D eigenvalue weighted by molar-refractivity contribution is -0.152. The molecule has 0 bridgehead atoms. The van der Waals surface area contributed by atoms with Crippen molar-refractivity contribution < 1.29 is 24.5 Å². The molecule has 0 aliphatic heterocycles. The topological polar surface area (TPSA) is 110 Å². The van der Waals surface area contributed by atoms with E-state index >= 15 is 0 Å². The maximum absolute atomic E-state index is 10.2. The minimum atomic E-state index is -1.22. The Labute approximate surface area is 68.9 Å². The van der Waals surface area contributed by atoms with Gasteiger partial charge in [0.15, 0.2) is 6.10 Å². The molecule has 0 aromatic carbocycles. The van der Waals surface area contributed by atoms with E-state index in [9.17, 15) is 9.59 Å². The minimum Gasteiger partial charge on any atom is -0.480 e. The Balaban J connectivity index is 3.68. The van der Waals surface area contributed by atoms with Crippen molar-refractivity contribution >= 4 is 11.9 Å². The zero-order valence-electron chi connectivity index (χ0n) is 6.56. The maximum atomic E-state index is 10.2. The van der Waals surface area contributed by atoms with E-state index in [2.05, 4.69) is 4.74 Å². The largest absolute Gasteiger partial charge is 0.480 e. The van der Waals surface area contributed by atoms with Gasteiger partial charge in [-0.2, -0.15) is 0 Å². The van der Waals surface area contributed by atoms with Crippen LogP contribution in [0.1, 0.15) is 6.92 Å². The van der Waals surface area contributed by atoms with Crippen LogP contribution in [0.4, 0.5) is 0 Å². The molecule has 12 heavy (non-hydrogen) atoms. The number of nitrogens with two attached hydrogens (primary N) is 1. The first-order valence-corrected chi connectivity index (χ1v) is 3.28. The highest BCUT2D eigenvalue weighted by Crippen LogP contribution is 1.91. The van der Waals surface area contributed by atoms with Crippen molar-refractivity contribution in [3.63, 3.8) is 0 Å². The molecule has 0 aliphatic rings. The summed E-state index contributed by atoms with van der Waals surface area (Å²) in [6, 6.07) is -1.17. The molecule has 0 amide bonds. The summed E-state index contributed by atoms with van der Waals surface area (Å²) in [5.74, 6) is -2.36. The van der Waals surface area contributed by atoms with Crippen LogP contribution >= 0.6 is 0 Å². The van der Waals surface area contributed by atoms with E-state index < -0.39 is 24.1 Å². The smallest absolute Gasteiger partial charge is 0.332 e. The van der Waals surface area contributed by atoms with Gasteiger partial charge in [0.05, 0.1) is 6.61 Å². The fourth-order valence-corrected chi connectivity index (χ4v) is 0.391. The van der Waals surface area contributed by atoms with Crippen molar-refractivity contribution in [3.05, 3.63) is 0 Å². The number of hydrogen-bond acceptors (Lipinski definition) is 4. The van der Waals surface area contributed by atoms with Crippen LogP contribution in [-0.2, 0) is 14.3 Å². The Morgan fingerprint density at radius 3 is 2.25 bits per heavy atom. The molecule has 0 rings (SSSR count). The molecule has 0 aromatic rings. The second kappa shape index (κ2) is 4.68. The zero-order chi connectivity index (χ0) is 9.72. The molecule has 0 fully saturated rings. The Bertz CT molecular complexity index is 161. The molecular weight excluding hydrogens is 166 g/mol. The van der Waals surface area contributed by atoms with Crippen molar-refractivity contribution in [2.45, 2.75) is 19.1 Å². The summed E-state index contributed by atoms with van der Waals surface area (Å²) in [4.78, 5) is 20.3. The van der Waals surface area contributed by atoms with Gasteiger partial charge in [-0.3, -0.25) is 4.79 Å². The Morgan fingerprint density at radius 2 is 1.92 bits per heavy atom.